The van der Waals surface area contributed by atoms with Crippen molar-refractivity contribution in [2.75, 3.05) is 12.9 Å². The summed E-state index contributed by atoms with van der Waals surface area (Å²) in [5.41, 5.74) is 2.73. The lowest BCUT2D eigenvalue weighted by Crippen LogP contribution is -2.08. The van der Waals surface area contributed by atoms with Crippen LogP contribution in [0.3, 0.4) is 0 Å². The Morgan fingerprint density at radius 1 is 1.14 bits per heavy atom. The van der Waals surface area contributed by atoms with Gasteiger partial charge in [0.15, 0.2) is 11.0 Å². The first-order valence-electron chi connectivity index (χ1n) is 8.49. The second-order valence-electron chi connectivity index (χ2n) is 5.98. The van der Waals surface area contributed by atoms with E-state index in [0.29, 0.717) is 17.5 Å². The van der Waals surface area contributed by atoms with Crippen LogP contribution in [0.4, 0.5) is 0 Å². The van der Waals surface area contributed by atoms with Crippen LogP contribution >= 0.6 is 11.8 Å². The number of nitrogens with zero attached hydrogens (tertiary/aromatic N) is 5. The number of carboxylic acid groups (broad SMARTS) is 1. The monoisotopic (exact) mass is 395 g/mol. The maximum atomic E-state index is 11.0. The summed E-state index contributed by atoms with van der Waals surface area (Å²) in [6.07, 6.45) is 1.77. The Bertz CT molecular complexity index is 1120. The molecule has 2 aromatic heterocycles. The highest BCUT2D eigenvalue weighted by Gasteiger charge is 2.17. The topological polar surface area (TPSA) is 95.1 Å². The van der Waals surface area contributed by atoms with Gasteiger partial charge in [0.1, 0.15) is 5.75 Å². The lowest BCUT2D eigenvalue weighted by Gasteiger charge is -2.11. The summed E-state index contributed by atoms with van der Waals surface area (Å²) in [5, 5.41) is 18.1. The molecule has 0 radical (unpaired) electrons. The SMILES string of the molecule is COc1ccc(-n2c(Cn3cnc4ccccc43)nnc2SCC(=O)O)cc1. The number of ether oxygens (including phenoxy) is 1. The van der Waals surface area contributed by atoms with Crippen LogP contribution in [-0.2, 0) is 11.3 Å². The Hall–Kier alpha value is -3.33. The van der Waals surface area contributed by atoms with Crippen LogP contribution in [0, 0.1) is 0 Å². The van der Waals surface area contributed by atoms with Gasteiger partial charge in [-0.25, -0.2) is 4.98 Å². The minimum Gasteiger partial charge on any atom is -0.497 e. The van der Waals surface area contributed by atoms with Crippen molar-refractivity contribution in [2.45, 2.75) is 11.7 Å². The van der Waals surface area contributed by atoms with Crippen molar-refractivity contribution >= 4 is 28.8 Å². The Morgan fingerprint density at radius 3 is 2.68 bits per heavy atom. The second-order valence-corrected chi connectivity index (χ2v) is 6.92. The number of aliphatic carboxylic acids is 1. The number of rotatable bonds is 7. The van der Waals surface area contributed by atoms with Gasteiger partial charge in [-0.05, 0) is 36.4 Å². The fraction of sp³-hybridized carbons (Fsp3) is 0.158. The molecule has 0 saturated heterocycles. The minimum absolute atomic E-state index is 0.0949. The van der Waals surface area contributed by atoms with Crippen molar-refractivity contribution in [3.8, 4) is 11.4 Å². The number of carbonyl (C=O) groups is 1. The van der Waals surface area contributed by atoms with Gasteiger partial charge in [-0.15, -0.1) is 10.2 Å². The number of benzene rings is 2. The van der Waals surface area contributed by atoms with E-state index < -0.39 is 5.97 Å². The molecule has 0 atom stereocenters. The number of aromatic nitrogens is 5. The van der Waals surface area contributed by atoms with Gasteiger partial charge in [-0.1, -0.05) is 23.9 Å². The van der Waals surface area contributed by atoms with E-state index in [-0.39, 0.29) is 5.75 Å². The number of methoxy groups -OCH3 is 1. The van der Waals surface area contributed by atoms with Gasteiger partial charge in [0.2, 0.25) is 0 Å². The first-order chi connectivity index (χ1) is 13.7. The fourth-order valence-electron chi connectivity index (χ4n) is 2.90. The maximum Gasteiger partial charge on any atom is 0.313 e. The predicted octanol–water partition coefficient (Wildman–Crippen LogP) is 2.85. The van der Waals surface area contributed by atoms with E-state index in [2.05, 4.69) is 15.2 Å². The number of thioether (sulfide) groups is 1. The number of para-hydroxylation sites is 2. The molecule has 0 saturated carbocycles. The molecule has 0 aliphatic rings. The third-order valence-corrected chi connectivity index (χ3v) is 5.11. The number of imidazole rings is 1. The zero-order valence-corrected chi connectivity index (χ0v) is 15.8. The van der Waals surface area contributed by atoms with Crippen molar-refractivity contribution in [2.24, 2.45) is 0 Å². The van der Waals surface area contributed by atoms with Crippen LogP contribution < -0.4 is 4.74 Å². The molecule has 0 aliphatic carbocycles. The summed E-state index contributed by atoms with van der Waals surface area (Å²) in [6, 6.07) is 15.3. The van der Waals surface area contributed by atoms with E-state index in [9.17, 15) is 4.79 Å². The zero-order chi connectivity index (χ0) is 19.5. The summed E-state index contributed by atoms with van der Waals surface area (Å²) >= 11 is 1.13. The molecule has 142 valence electrons. The first kappa shape index (κ1) is 18.1. The van der Waals surface area contributed by atoms with Gasteiger partial charge in [0, 0.05) is 5.69 Å². The molecular formula is C19H17N5O3S. The molecule has 0 spiro atoms. The van der Waals surface area contributed by atoms with E-state index in [1.807, 2.05) is 57.7 Å². The molecule has 9 heteroatoms. The molecule has 0 aliphatic heterocycles. The van der Waals surface area contributed by atoms with E-state index in [0.717, 1.165) is 34.2 Å². The van der Waals surface area contributed by atoms with Crippen molar-refractivity contribution in [3.05, 3.63) is 60.7 Å². The van der Waals surface area contributed by atoms with Crippen molar-refractivity contribution in [1.82, 2.24) is 24.3 Å². The van der Waals surface area contributed by atoms with Crippen LogP contribution in [0.5, 0.6) is 5.75 Å². The summed E-state index contributed by atoms with van der Waals surface area (Å²) in [6.45, 7) is 0.452. The van der Waals surface area contributed by atoms with Crippen LogP contribution in [0.25, 0.3) is 16.7 Å². The molecule has 8 nitrogen and oxygen atoms in total. The van der Waals surface area contributed by atoms with Gasteiger partial charge < -0.3 is 14.4 Å². The third-order valence-electron chi connectivity index (χ3n) is 4.19. The highest BCUT2D eigenvalue weighted by atomic mass is 32.2. The molecule has 0 bridgehead atoms. The van der Waals surface area contributed by atoms with E-state index in [1.54, 1.807) is 13.4 Å². The van der Waals surface area contributed by atoms with E-state index in [1.165, 1.54) is 0 Å². The summed E-state index contributed by atoms with van der Waals surface area (Å²) in [4.78, 5) is 15.4. The number of fused-ring (bicyclic) bond motifs is 1. The molecule has 0 amide bonds. The second kappa shape index (κ2) is 7.73. The van der Waals surface area contributed by atoms with Gasteiger partial charge in [-0.2, -0.15) is 0 Å². The average molecular weight is 395 g/mol. The molecule has 0 unspecified atom stereocenters. The normalized spacial score (nSPS) is 11.0. The molecule has 2 aromatic carbocycles. The lowest BCUT2D eigenvalue weighted by atomic mass is 10.3. The summed E-state index contributed by atoms with van der Waals surface area (Å²) < 4.78 is 9.08. The molecule has 1 N–H and O–H groups in total. The van der Waals surface area contributed by atoms with Gasteiger partial charge in [-0.3, -0.25) is 9.36 Å². The van der Waals surface area contributed by atoms with Gasteiger partial charge >= 0.3 is 5.97 Å². The van der Waals surface area contributed by atoms with Crippen LogP contribution in [0.2, 0.25) is 0 Å². The van der Waals surface area contributed by atoms with Crippen molar-refractivity contribution in [1.29, 1.82) is 0 Å². The standard InChI is InChI=1S/C19H17N5O3S/c1-27-14-8-6-13(7-9-14)24-17(21-22-19(24)28-11-18(25)26)10-23-12-20-15-4-2-3-5-16(15)23/h2-9,12H,10-11H2,1H3,(H,25,26). The van der Waals surface area contributed by atoms with Crippen LogP contribution in [-0.4, -0.2) is 48.3 Å². The fourth-order valence-corrected chi connectivity index (χ4v) is 3.59. The quantitative estimate of drug-likeness (QED) is 0.481. The maximum absolute atomic E-state index is 11.0. The zero-order valence-electron chi connectivity index (χ0n) is 15.0. The van der Waals surface area contributed by atoms with Crippen LogP contribution in [0.15, 0.2) is 60.0 Å². The predicted molar refractivity (Wildman–Crippen MR) is 105 cm³/mol. The lowest BCUT2D eigenvalue weighted by molar-refractivity contribution is -0.133. The Labute approximate surface area is 164 Å². The van der Waals surface area contributed by atoms with E-state index in [4.69, 9.17) is 9.84 Å². The summed E-state index contributed by atoms with van der Waals surface area (Å²) in [7, 11) is 1.61. The average Bonchev–Trinajstić information content (AvgIpc) is 3.31. The highest BCUT2D eigenvalue weighted by Crippen LogP contribution is 2.25. The summed E-state index contributed by atoms with van der Waals surface area (Å²) in [5.74, 6) is 0.416. The Kier molecular flexibility index (Phi) is 4.98. The van der Waals surface area contributed by atoms with Crippen molar-refractivity contribution in [3.63, 3.8) is 0 Å². The largest absolute Gasteiger partial charge is 0.497 e. The van der Waals surface area contributed by atoms with Gasteiger partial charge in [0.05, 0.1) is 36.8 Å². The Balaban J connectivity index is 1.74. The highest BCUT2D eigenvalue weighted by molar-refractivity contribution is 7.99. The number of hydrogen-bond acceptors (Lipinski definition) is 6. The first-order valence-corrected chi connectivity index (χ1v) is 9.47. The molecule has 2 heterocycles. The van der Waals surface area contributed by atoms with Gasteiger partial charge in [0.25, 0.3) is 0 Å². The van der Waals surface area contributed by atoms with Crippen molar-refractivity contribution < 1.29 is 14.6 Å². The van der Waals surface area contributed by atoms with E-state index >= 15 is 0 Å². The smallest absolute Gasteiger partial charge is 0.313 e. The molecule has 28 heavy (non-hydrogen) atoms. The minimum atomic E-state index is -0.906. The molecular weight excluding hydrogens is 378 g/mol. The molecule has 4 aromatic rings. The Morgan fingerprint density at radius 2 is 1.93 bits per heavy atom. The molecule has 0 fully saturated rings. The number of carboxylic acids is 1. The van der Waals surface area contributed by atoms with Crippen LogP contribution in [0.1, 0.15) is 5.82 Å². The third kappa shape index (κ3) is 3.56. The number of hydrogen-bond donors (Lipinski definition) is 1. The molecule has 4 rings (SSSR count).